The van der Waals surface area contributed by atoms with Crippen molar-refractivity contribution in [3.63, 3.8) is 0 Å². The zero-order valence-corrected chi connectivity index (χ0v) is 10.8. The van der Waals surface area contributed by atoms with Crippen LogP contribution < -0.4 is 5.73 Å². The minimum absolute atomic E-state index is 0.156. The Morgan fingerprint density at radius 3 is 2.80 bits per heavy atom. The maximum Gasteiger partial charge on any atom is 0.135 e. The van der Waals surface area contributed by atoms with Crippen molar-refractivity contribution in [2.24, 2.45) is 5.73 Å². The number of aryl methyl sites for hydroxylation is 1. The number of hydrogen-bond donors (Lipinski definition) is 2. The lowest BCUT2D eigenvalue weighted by molar-refractivity contribution is 0.884. The molecule has 0 aliphatic carbocycles. The smallest absolute Gasteiger partial charge is 0.135 e. The van der Waals surface area contributed by atoms with Gasteiger partial charge in [-0.05, 0) is 12.2 Å². The summed E-state index contributed by atoms with van der Waals surface area (Å²) < 4.78 is 0. The van der Waals surface area contributed by atoms with Crippen molar-refractivity contribution < 1.29 is 0 Å². The van der Waals surface area contributed by atoms with Crippen LogP contribution >= 0.6 is 23.1 Å². The van der Waals surface area contributed by atoms with Gasteiger partial charge in [-0.3, -0.25) is 5.41 Å². The van der Waals surface area contributed by atoms with Crippen molar-refractivity contribution in [1.29, 1.82) is 5.41 Å². The first kappa shape index (κ1) is 12.5. The minimum Gasteiger partial charge on any atom is -0.383 e. The highest BCUT2D eigenvalue weighted by atomic mass is 32.2. The van der Waals surface area contributed by atoms with Crippen molar-refractivity contribution in [2.75, 3.05) is 5.75 Å². The van der Waals surface area contributed by atoms with Crippen LogP contribution in [0.15, 0.2) is 0 Å². The molecule has 5 heteroatoms. The van der Waals surface area contributed by atoms with Crippen LogP contribution in [0.3, 0.4) is 0 Å². The summed E-state index contributed by atoms with van der Waals surface area (Å²) in [6, 6.07) is 0. The molecule has 0 bridgehead atoms. The Balaban J connectivity index is 2.83. The fourth-order valence-corrected chi connectivity index (χ4v) is 2.96. The lowest BCUT2D eigenvalue weighted by Gasteiger charge is -1.96. The zero-order valence-electron chi connectivity index (χ0n) is 9.17. The second kappa shape index (κ2) is 6.12. The van der Waals surface area contributed by atoms with E-state index in [-0.39, 0.29) is 5.84 Å². The molecule has 0 saturated heterocycles. The summed E-state index contributed by atoms with van der Waals surface area (Å²) in [6.45, 7) is 4.25. The highest BCUT2D eigenvalue weighted by Crippen LogP contribution is 2.23. The molecule has 0 radical (unpaired) electrons. The Bertz CT molecular complexity index is 333. The SMILES string of the molecule is CCCc1nc(CSCC)sc1C(=N)N. The van der Waals surface area contributed by atoms with Crippen molar-refractivity contribution in [3.05, 3.63) is 15.6 Å². The Kier molecular flexibility index (Phi) is 5.11. The number of thioether (sulfide) groups is 1. The van der Waals surface area contributed by atoms with Gasteiger partial charge in [0, 0.05) is 5.75 Å². The number of nitrogens with one attached hydrogen (secondary N) is 1. The first-order chi connectivity index (χ1) is 7.19. The van der Waals surface area contributed by atoms with E-state index in [9.17, 15) is 0 Å². The number of thiazole rings is 1. The number of rotatable bonds is 6. The third-order valence-corrected chi connectivity index (χ3v) is 4.10. The van der Waals surface area contributed by atoms with Gasteiger partial charge in [0.2, 0.25) is 0 Å². The number of hydrogen-bond acceptors (Lipinski definition) is 4. The third kappa shape index (κ3) is 3.50. The minimum atomic E-state index is 0.156. The van der Waals surface area contributed by atoms with E-state index in [0.717, 1.165) is 39.9 Å². The number of nitrogens with two attached hydrogens (primary N) is 1. The van der Waals surface area contributed by atoms with E-state index < -0.39 is 0 Å². The van der Waals surface area contributed by atoms with Gasteiger partial charge >= 0.3 is 0 Å². The predicted molar refractivity (Wildman–Crippen MR) is 69.0 cm³/mol. The molecule has 3 nitrogen and oxygen atoms in total. The Morgan fingerprint density at radius 1 is 1.53 bits per heavy atom. The van der Waals surface area contributed by atoms with Crippen LogP contribution in [0, 0.1) is 5.41 Å². The third-order valence-electron chi connectivity index (χ3n) is 1.90. The molecule has 15 heavy (non-hydrogen) atoms. The molecule has 0 unspecified atom stereocenters. The molecule has 0 aliphatic rings. The molecule has 3 N–H and O–H groups in total. The van der Waals surface area contributed by atoms with Crippen LogP contribution in [0.4, 0.5) is 0 Å². The van der Waals surface area contributed by atoms with Gasteiger partial charge in [-0.1, -0.05) is 20.3 Å². The molecule has 1 aromatic rings. The van der Waals surface area contributed by atoms with Gasteiger partial charge in [0.1, 0.15) is 10.8 Å². The quantitative estimate of drug-likeness (QED) is 0.596. The van der Waals surface area contributed by atoms with Gasteiger partial charge in [-0.25, -0.2) is 4.98 Å². The van der Waals surface area contributed by atoms with Crippen molar-refractivity contribution in [1.82, 2.24) is 4.98 Å². The standard InChI is InChI=1S/C10H17N3S2/c1-3-5-7-9(10(11)12)15-8(13-7)6-14-4-2/h3-6H2,1-2H3,(H3,11,12). The summed E-state index contributed by atoms with van der Waals surface area (Å²) in [4.78, 5) is 5.40. The highest BCUT2D eigenvalue weighted by molar-refractivity contribution is 7.98. The van der Waals surface area contributed by atoms with E-state index in [1.807, 2.05) is 11.8 Å². The second-order valence-electron chi connectivity index (χ2n) is 3.18. The molecule has 1 rings (SSSR count). The average molecular weight is 243 g/mol. The lowest BCUT2D eigenvalue weighted by atomic mass is 10.2. The van der Waals surface area contributed by atoms with Crippen LogP contribution in [-0.2, 0) is 12.2 Å². The maximum atomic E-state index is 7.49. The first-order valence-electron chi connectivity index (χ1n) is 5.09. The second-order valence-corrected chi connectivity index (χ2v) is 5.54. The molecule has 0 spiro atoms. The number of aromatic nitrogens is 1. The number of nitrogens with zero attached hydrogens (tertiary/aromatic N) is 1. The molecular weight excluding hydrogens is 226 g/mol. The summed E-state index contributed by atoms with van der Waals surface area (Å²) in [7, 11) is 0. The van der Waals surface area contributed by atoms with Crippen LogP contribution in [0.5, 0.6) is 0 Å². The summed E-state index contributed by atoms with van der Waals surface area (Å²) in [5.41, 5.74) is 6.54. The van der Waals surface area contributed by atoms with Crippen molar-refractivity contribution >= 4 is 28.9 Å². The van der Waals surface area contributed by atoms with Gasteiger partial charge in [0.05, 0.1) is 10.6 Å². The molecule has 0 atom stereocenters. The molecule has 0 aromatic carbocycles. The summed E-state index contributed by atoms with van der Waals surface area (Å²) in [5, 5.41) is 8.58. The molecule has 0 amide bonds. The van der Waals surface area contributed by atoms with Crippen LogP contribution in [-0.4, -0.2) is 16.6 Å². The number of amidine groups is 1. The lowest BCUT2D eigenvalue weighted by Crippen LogP contribution is -2.11. The first-order valence-corrected chi connectivity index (χ1v) is 7.06. The van der Waals surface area contributed by atoms with E-state index in [1.165, 1.54) is 0 Å². The van der Waals surface area contributed by atoms with Gasteiger partial charge in [-0.15, -0.1) is 11.3 Å². The van der Waals surface area contributed by atoms with E-state index in [4.69, 9.17) is 11.1 Å². The van der Waals surface area contributed by atoms with Gasteiger partial charge < -0.3 is 5.73 Å². The largest absolute Gasteiger partial charge is 0.383 e. The molecule has 0 fully saturated rings. The molecule has 1 aromatic heterocycles. The maximum absolute atomic E-state index is 7.49. The topological polar surface area (TPSA) is 62.8 Å². The molecule has 84 valence electrons. The fraction of sp³-hybridized carbons (Fsp3) is 0.600. The Hall–Kier alpha value is -0.550. The molecular formula is C10H17N3S2. The number of nitrogen functional groups attached to an aromatic ring is 1. The van der Waals surface area contributed by atoms with E-state index >= 15 is 0 Å². The molecule has 0 saturated carbocycles. The monoisotopic (exact) mass is 243 g/mol. The van der Waals surface area contributed by atoms with Gasteiger partial charge in [0.15, 0.2) is 0 Å². The zero-order chi connectivity index (χ0) is 11.3. The summed E-state index contributed by atoms with van der Waals surface area (Å²) in [5.74, 6) is 2.19. The normalized spacial score (nSPS) is 10.5. The fourth-order valence-electron chi connectivity index (χ4n) is 1.27. The van der Waals surface area contributed by atoms with Gasteiger partial charge in [-0.2, -0.15) is 11.8 Å². The van der Waals surface area contributed by atoms with E-state index in [0.29, 0.717) is 0 Å². The van der Waals surface area contributed by atoms with Gasteiger partial charge in [0.25, 0.3) is 0 Å². The van der Waals surface area contributed by atoms with E-state index in [1.54, 1.807) is 11.3 Å². The average Bonchev–Trinajstić information content (AvgIpc) is 2.59. The molecule has 0 aliphatic heterocycles. The molecule has 1 heterocycles. The highest BCUT2D eigenvalue weighted by Gasteiger charge is 2.12. The van der Waals surface area contributed by atoms with Crippen molar-refractivity contribution in [3.8, 4) is 0 Å². The van der Waals surface area contributed by atoms with E-state index in [2.05, 4.69) is 18.8 Å². The summed E-state index contributed by atoms with van der Waals surface area (Å²) in [6.07, 6.45) is 1.96. The summed E-state index contributed by atoms with van der Waals surface area (Å²) >= 11 is 3.42. The predicted octanol–water partition coefficient (Wildman–Crippen LogP) is 2.63. The Morgan fingerprint density at radius 2 is 2.27 bits per heavy atom. The van der Waals surface area contributed by atoms with Crippen LogP contribution in [0.2, 0.25) is 0 Å². The van der Waals surface area contributed by atoms with Crippen molar-refractivity contribution in [2.45, 2.75) is 32.4 Å². The van der Waals surface area contributed by atoms with Crippen LogP contribution in [0.25, 0.3) is 0 Å². The van der Waals surface area contributed by atoms with Crippen LogP contribution in [0.1, 0.15) is 35.8 Å². The Labute approximate surface area is 99.0 Å².